The number of carbonyl (C=O) groups excluding carboxylic acids is 2. The van der Waals surface area contributed by atoms with Gasteiger partial charge in [-0.2, -0.15) is 0 Å². The maximum absolute atomic E-state index is 13.0. The Morgan fingerprint density at radius 1 is 1.21 bits per heavy atom. The third-order valence-corrected chi connectivity index (χ3v) is 5.57. The first-order valence-corrected chi connectivity index (χ1v) is 9.83. The van der Waals surface area contributed by atoms with Crippen LogP contribution in [-0.4, -0.2) is 29.5 Å². The van der Waals surface area contributed by atoms with Gasteiger partial charge in [0.05, 0.1) is 16.1 Å². The summed E-state index contributed by atoms with van der Waals surface area (Å²) in [5, 5.41) is 0.892. The van der Waals surface area contributed by atoms with Gasteiger partial charge in [-0.1, -0.05) is 65.7 Å². The lowest BCUT2D eigenvalue weighted by Crippen LogP contribution is -2.40. The zero-order valence-electron chi connectivity index (χ0n) is 15.3. The number of allylic oxidation sites excluding steroid dienone is 1. The summed E-state index contributed by atoms with van der Waals surface area (Å²) in [6, 6.07) is 14.8. The Kier molecular flexibility index (Phi) is 6.76. The minimum absolute atomic E-state index is 0.148. The van der Waals surface area contributed by atoms with Gasteiger partial charge in [0.1, 0.15) is 6.61 Å². The van der Waals surface area contributed by atoms with Crippen molar-refractivity contribution in [3.63, 3.8) is 0 Å². The van der Waals surface area contributed by atoms with Crippen molar-refractivity contribution in [2.24, 2.45) is 0 Å². The third kappa shape index (κ3) is 4.75. The molecule has 0 aliphatic carbocycles. The smallest absolute Gasteiger partial charge is 0.416 e. The van der Waals surface area contributed by atoms with E-state index < -0.39 is 6.09 Å². The van der Waals surface area contributed by atoms with E-state index in [2.05, 4.69) is 6.58 Å². The fraction of sp³-hybridized carbons (Fsp3) is 0.273. The molecule has 146 valence electrons. The van der Waals surface area contributed by atoms with Crippen molar-refractivity contribution in [1.82, 2.24) is 4.90 Å². The molecule has 28 heavy (non-hydrogen) atoms. The quantitative estimate of drug-likeness (QED) is 0.548. The summed E-state index contributed by atoms with van der Waals surface area (Å²) in [6.07, 6.45) is 2.47. The minimum Gasteiger partial charge on any atom is -0.447 e. The second-order valence-electron chi connectivity index (χ2n) is 6.78. The maximum atomic E-state index is 13.0. The summed E-state index contributed by atoms with van der Waals surface area (Å²) in [5.41, 5.74) is 1.94. The van der Waals surface area contributed by atoms with E-state index in [0.29, 0.717) is 22.9 Å². The molecule has 0 saturated carbocycles. The number of amides is 2. The number of rotatable bonds is 7. The Labute approximate surface area is 174 Å². The lowest BCUT2D eigenvalue weighted by atomic mass is 9.91. The molecular formula is C22H21Cl2NO3. The van der Waals surface area contributed by atoms with Crippen LogP contribution in [0.25, 0.3) is 0 Å². The average Bonchev–Trinajstić information content (AvgIpc) is 3.04. The standard InChI is InChI=1S/C22H21Cl2NO3/c1-2-6-16(17-9-10-19(23)20(24)12-17)13-21(26)25-18(14-28-22(25)27)11-15-7-4-3-5-8-15/h2-5,7-10,12,16,18H,1,6,11,13-14H2. The first-order chi connectivity index (χ1) is 13.5. The van der Waals surface area contributed by atoms with Crippen LogP contribution in [0.2, 0.25) is 10.0 Å². The number of hydrogen-bond donors (Lipinski definition) is 0. The highest BCUT2D eigenvalue weighted by Crippen LogP contribution is 2.31. The second-order valence-corrected chi connectivity index (χ2v) is 7.60. The van der Waals surface area contributed by atoms with Crippen molar-refractivity contribution >= 4 is 35.2 Å². The van der Waals surface area contributed by atoms with Gasteiger partial charge < -0.3 is 4.74 Å². The topological polar surface area (TPSA) is 46.6 Å². The van der Waals surface area contributed by atoms with Crippen LogP contribution < -0.4 is 0 Å². The largest absolute Gasteiger partial charge is 0.447 e. The average molecular weight is 418 g/mol. The molecule has 3 rings (SSSR count). The lowest BCUT2D eigenvalue weighted by Gasteiger charge is -2.23. The number of halogens is 2. The summed E-state index contributed by atoms with van der Waals surface area (Å²) < 4.78 is 5.16. The number of ether oxygens (including phenoxy) is 1. The predicted octanol–water partition coefficient (Wildman–Crippen LogP) is 5.63. The van der Waals surface area contributed by atoms with Crippen LogP contribution in [0.1, 0.15) is 29.9 Å². The highest BCUT2D eigenvalue weighted by atomic mass is 35.5. The molecule has 2 aromatic rings. The van der Waals surface area contributed by atoms with E-state index in [0.717, 1.165) is 11.1 Å². The molecule has 2 amide bonds. The molecule has 1 saturated heterocycles. The van der Waals surface area contributed by atoms with Crippen LogP contribution in [0.4, 0.5) is 4.79 Å². The van der Waals surface area contributed by atoms with Gasteiger partial charge in [0.25, 0.3) is 0 Å². The van der Waals surface area contributed by atoms with Crippen molar-refractivity contribution in [1.29, 1.82) is 0 Å². The van der Waals surface area contributed by atoms with E-state index in [1.54, 1.807) is 18.2 Å². The van der Waals surface area contributed by atoms with E-state index in [9.17, 15) is 9.59 Å². The molecule has 1 heterocycles. The normalized spacial score (nSPS) is 17.3. The number of imide groups is 1. The third-order valence-electron chi connectivity index (χ3n) is 4.83. The minimum atomic E-state index is -0.586. The Morgan fingerprint density at radius 2 is 1.96 bits per heavy atom. The molecule has 2 unspecified atom stereocenters. The molecule has 0 bridgehead atoms. The molecule has 0 spiro atoms. The van der Waals surface area contributed by atoms with Gasteiger partial charge in [-0.15, -0.1) is 6.58 Å². The molecule has 2 atom stereocenters. The Bertz CT molecular complexity index is 869. The Balaban J connectivity index is 1.76. The van der Waals surface area contributed by atoms with Crippen LogP contribution in [0.5, 0.6) is 0 Å². The van der Waals surface area contributed by atoms with Crippen LogP contribution >= 0.6 is 23.2 Å². The highest BCUT2D eigenvalue weighted by molar-refractivity contribution is 6.42. The fourth-order valence-corrected chi connectivity index (χ4v) is 3.72. The second kappa shape index (κ2) is 9.26. The van der Waals surface area contributed by atoms with E-state index in [1.807, 2.05) is 36.4 Å². The van der Waals surface area contributed by atoms with Gasteiger partial charge in [-0.3, -0.25) is 4.79 Å². The summed E-state index contributed by atoms with van der Waals surface area (Å²) in [4.78, 5) is 26.5. The number of carbonyl (C=O) groups is 2. The summed E-state index contributed by atoms with van der Waals surface area (Å²) >= 11 is 12.1. The van der Waals surface area contributed by atoms with Crippen LogP contribution in [0.3, 0.4) is 0 Å². The van der Waals surface area contributed by atoms with Crippen LogP contribution in [0.15, 0.2) is 61.2 Å². The van der Waals surface area contributed by atoms with E-state index >= 15 is 0 Å². The SMILES string of the molecule is C=CCC(CC(=O)N1C(=O)OCC1Cc1ccccc1)c1ccc(Cl)c(Cl)c1. The van der Waals surface area contributed by atoms with E-state index in [1.165, 1.54) is 4.90 Å². The monoisotopic (exact) mass is 417 g/mol. The van der Waals surface area contributed by atoms with Crippen molar-refractivity contribution < 1.29 is 14.3 Å². The molecular weight excluding hydrogens is 397 g/mol. The first-order valence-electron chi connectivity index (χ1n) is 9.08. The van der Waals surface area contributed by atoms with Gasteiger partial charge in [0, 0.05) is 6.42 Å². The number of hydrogen-bond acceptors (Lipinski definition) is 3. The maximum Gasteiger partial charge on any atom is 0.416 e. The van der Waals surface area contributed by atoms with Gasteiger partial charge in [0.2, 0.25) is 5.91 Å². The molecule has 0 aromatic heterocycles. The highest BCUT2D eigenvalue weighted by Gasteiger charge is 2.38. The van der Waals surface area contributed by atoms with Crippen LogP contribution in [0, 0.1) is 0 Å². The number of nitrogens with zero attached hydrogens (tertiary/aromatic N) is 1. The molecule has 1 aliphatic heterocycles. The molecule has 1 aliphatic rings. The Morgan fingerprint density at radius 3 is 2.64 bits per heavy atom. The Hall–Kier alpha value is -2.30. The zero-order chi connectivity index (χ0) is 20.1. The fourth-order valence-electron chi connectivity index (χ4n) is 3.42. The van der Waals surface area contributed by atoms with Crippen molar-refractivity contribution in [3.8, 4) is 0 Å². The molecule has 6 heteroatoms. The predicted molar refractivity (Wildman–Crippen MR) is 111 cm³/mol. The van der Waals surface area contributed by atoms with Crippen LogP contribution in [-0.2, 0) is 16.0 Å². The molecule has 2 aromatic carbocycles. The van der Waals surface area contributed by atoms with Crippen molar-refractivity contribution in [2.75, 3.05) is 6.61 Å². The first kappa shape index (κ1) is 20.4. The zero-order valence-corrected chi connectivity index (χ0v) is 16.8. The number of benzene rings is 2. The van der Waals surface area contributed by atoms with E-state index in [4.69, 9.17) is 27.9 Å². The molecule has 4 nitrogen and oxygen atoms in total. The van der Waals surface area contributed by atoms with Crippen molar-refractivity contribution in [3.05, 3.63) is 82.4 Å². The van der Waals surface area contributed by atoms with Gasteiger partial charge >= 0.3 is 6.09 Å². The van der Waals surface area contributed by atoms with Gasteiger partial charge in [-0.05, 0) is 42.0 Å². The summed E-state index contributed by atoms with van der Waals surface area (Å²) in [6.45, 7) is 3.99. The molecule has 0 radical (unpaired) electrons. The number of cyclic esters (lactones) is 1. The van der Waals surface area contributed by atoms with Gasteiger partial charge in [0.15, 0.2) is 0 Å². The van der Waals surface area contributed by atoms with Crippen molar-refractivity contribution in [2.45, 2.75) is 31.2 Å². The molecule has 0 N–H and O–H groups in total. The van der Waals surface area contributed by atoms with E-state index in [-0.39, 0.29) is 30.9 Å². The van der Waals surface area contributed by atoms with Gasteiger partial charge in [-0.25, -0.2) is 9.69 Å². The summed E-state index contributed by atoms with van der Waals surface area (Å²) in [5.74, 6) is -0.410. The lowest BCUT2D eigenvalue weighted by molar-refractivity contribution is -0.129. The molecule has 1 fully saturated rings. The summed E-state index contributed by atoms with van der Waals surface area (Å²) in [7, 11) is 0.